The van der Waals surface area contributed by atoms with Gasteiger partial charge in [0.15, 0.2) is 55.5 Å². The maximum absolute atomic E-state index is 14.4. The number of carbonyl (C=O) groups excluding carboxylic acids is 17. The van der Waals surface area contributed by atoms with E-state index in [4.69, 9.17) is 76.2 Å². The monoisotopic (exact) mass is 1680 g/mol. The molecule has 3 aliphatic rings. The maximum Gasteiger partial charge on any atom is 0.303 e. The molecule has 664 valence electrons. The molecule has 3 aliphatic heterocycles. The second-order valence-electron chi connectivity index (χ2n) is 28.3. The summed E-state index contributed by atoms with van der Waals surface area (Å²) in [5.41, 5.74) is 0. The first kappa shape index (κ1) is 102. The van der Waals surface area contributed by atoms with Gasteiger partial charge >= 0.3 is 53.7 Å². The summed E-state index contributed by atoms with van der Waals surface area (Å²) in [6, 6.07) is -3.63. The highest BCUT2D eigenvalue weighted by Crippen LogP contribution is 2.32. The number of hydrogen-bond donors (Lipinski definition) is 7. The molecule has 0 aromatic rings. The van der Waals surface area contributed by atoms with Crippen LogP contribution in [0, 0.1) is 0 Å². The summed E-state index contributed by atoms with van der Waals surface area (Å²) in [5.74, 6) is -9.96. The fourth-order valence-electron chi connectivity index (χ4n) is 12.9. The van der Waals surface area contributed by atoms with Gasteiger partial charge in [-0.25, -0.2) is 0 Å². The number of rotatable bonds is 54. The van der Waals surface area contributed by atoms with Crippen molar-refractivity contribution in [2.45, 2.75) is 297 Å². The lowest BCUT2D eigenvalue weighted by molar-refractivity contribution is -0.277. The summed E-state index contributed by atoms with van der Waals surface area (Å²) in [6.07, 6.45) is -13.0. The number of carbonyl (C=O) groups is 17. The van der Waals surface area contributed by atoms with Crippen molar-refractivity contribution in [3.8, 4) is 0 Å². The topological polar surface area (TPSA) is 536 Å². The van der Waals surface area contributed by atoms with Crippen molar-refractivity contribution in [3.63, 3.8) is 0 Å². The summed E-state index contributed by atoms with van der Waals surface area (Å²) >= 11 is 0. The first-order valence-corrected chi connectivity index (χ1v) is 39.3. The Balaban J connectivity index is 1.80. The van der Waals surface area contributed by atoms with Crippen LogP contribution in [0.3, 0.4) is 0 Å². The van der Waals surface area contributed by atoms with Crippen LogP contribution in [0.25, 0.3) is 0 Å². The molecule has 3 heterocycles. The highest BCUT2D eigenvalue weighted by Gasteiger charge is 2.54. The van der Waals surface area contributed by atoms with E-state index < -0.39 is 202 Å². The third kappa shape index (κ3) is 41.7. The van der Waals surface area contributed by atoms with Crippen LogP contribution >= 0.6 is 0 Å². The smallest absolute Gasteiger partial charge is 0.303 e. The second kappa shape index (κ2) is 55.5. The van der Waals surface area contributed by atoms with E-state index in [1.165, 1.54) is 20.8 Å². The van der Waals surface area contributed by atoms with Crippen LogP contribution in [-0.2, 0) is 153 Å². The van der Waals surface area contributed by atoms with Gasteiger partial charge in [0.05, 0.1) is 12.7 Å². The molecule has 0 spiro atoms. The van der Waals surface area contributed by atoms with Crippen molar-refractivity contribution in [1.29, 1.82) is 0 Å². The molecule has 3 saturated heterocycles. The lowest BCUT2D eigenvalue weighted by Crippen LogP contribution is -2.66. The molecule has 0 saturated carbocycles. The SMILES string of the molecule is CC(=O)NC1[C@H](OCCCCC(=O)CCCCN(CCCN(CCCNC(=O)CCCCO[C@@H]2OC(COC(C)=O)[C@H](OC(C)=O)[C@H](OC(C)=O)C2NC(C)=O)C(=O)CCCCC(=O)NCC(O)CO)C(=O)CCCCO[C@@H]2OC(COC(C)=O)[C@H](OC(C)=O)[C@H](OC(C)=O)C2NC(C)=O)OC(COC(C)=O)[C@H](OC(C)=O)[C@@H]1OC(C)=O. The van der Waals surface area contributed by atoms with Gasteiger partial charge in [0.2, 0.25) is 41.4 Å². The number of amides is 7. The third-order valence-electron chi connectivity index (χ3n) is 17.9. The minimum Gasteiger partial charge on any atom is -0.463 e. The fraction of sp³-hybridized carbons (Fsp3) is 0.776. The molecule has 16 atom stereocenters. The fourth-order valence-corrected chi connectivity index (χ4v) is 12.9. The molecule has 0 aliphatic carbocycles. The Labute approximate surface area is 679 Å². The van der Waals surface area contributed by atoms with Gasteiger partial charge in [-0.3, -0.25) is 81.5 Å². The normalized spacial score (nSPS) is 22.9. The molecular weight excluding hydrogens is 1550 g/mol. The zero-order chi connectivity index (χ0) is 87.3. The highest BCUT2D eigenvalue weighted by atomic mass is 16.7. The molecular formula is C76H121N7O34. The lowest BCUT2D eigenvalue weighted by atomic mass is 9.96. The Morgan fingerprint density at radius 1 is 0.342 bits per heavy atom. The molecule has 117 heavy (non-hydrogen) atoms. The number of Topliss-reactive ketones (excluding diaryl/α,β-unsaturated/α-hetero) is 1. The Kier molecular flexibility index (Phi) is 48.4. The summed E-state index contributed by atoms with van der Waals surface area (Å²) < 4.78 is 84.9. The molecule has 7 N–H and O–H groups in total. The average molecular weight is 1680 g/mol. The molecule has 0 aromatic heterocycles. The average Bonchev–Trinajstić information content (AvgIpc) is 0.798. The number of aliphatic hydroxyl groups excluding tert-OH is 2. The molecule has 7 amide bonds. The first-order valence-electron chi connectivity index (χ1n) is 39.3. The third-order valence-corrected chi connectivity index (χ3v) is 17.9. The van der Waals surface area contributed by atoms with Crippen molar-refractivity contribution < 1.29 is 163 Å². The van der Waals surface area contributed by atoms with E-state index in [2.05, 4.69) is 26.6 Å². The van der Waals surface area contributed by atoms with Crippen LogP contribution in [0.1, 0.15) is 199 Å². The van der Waals surface area contributed by atoms with Gasteiger partial charge in [0.25, 0.3) is 0 Å². The Bertz CT molecular complexity index is 3250. The van der Waals surface area contributed by atoms with Crippen LogP contribution in [0.2, 0.25) is 0 Å². The van der Waals surface area contributed by atoms with Gasteiger partial charge in [-0.05, 0) is 77.0 Å². The number of hydrogen-bond acceptors (Lipinski definition) is 34. The molecule has 0 bridgehead atoms. The molecule has 0 aromatic carbocycles. The Morgan fingerprint density at radius 2 is 0.632 bits per heavy atom. The maximum atomic E-state index is 14.4. The van der Waals surface area contributed by atoms with Crippen molar-refractivity contribution in [1.82, 2.24) is 36.4 Å². The van der Waals surface area contributed by atoms with Gasteiger partial charge in [-0.1, -0.05) is 0 Å². The Hall–Kier alpha value is -9.13. The van der Waals surface area contributed by atoms with Crippen molar-refractivity contribution in [3.05, 3.63) is 0 Å². The number of ether oxygens (including phenoxy) is 15. The van der Waals surface area contributed by atoms with Gasteiger partial charge in [-0.15, -0.1) is 0 Å². The second-order valence-corrected chi connectivity index (χ2v) is 28.3. The van der Waals surface area contributed by atoms with E-state index in [1.54, 1.807) is 9.80 Å². The van der Waals surface area contributed by atoms with E-state index >= 15 is 0 Å². The quantitative estimate of drug-likeness (QED) is 0.0236. The molecule has 0 radical (unpaired) electrons. The zero-order valence-corrected chi connectivity index (χ0v) is 69.0. The van der Waals surface area contributed by atoms with Crippen LogP contribution in [-0.4, -0.2) is 304 Å². The van der Waals surface area contributed by atoms with Crippen LogP contribution < -0.4 is 26.6 Å². The standard InChI is InChI=1S/C76H121N7O34/c1-44(85)79-65-71(112-53(10)94)68(109-50(7)91)58(41-106-47(4)88)115-74(65)103-36-20-16-26-56(97)25-15-19-32-82(64(102)30-18-22-38-105-76-67(81-46(3)87)73(114-55(12)96)70(111-52(9)93)60(117-76)43-108-49(6)90)34-24-35-83(63(101)29-14-13-27-62(100)78-39-57(98)40-84)33-23-31-77-61(99)28-17-21-37-104-75-66(80-45(2)86)72(113-54(11)95)69(110-51(8)92)59(116-75)42-107-48(5)89/h57-60,65-76,84,98H,13-43H2,1-12H3,(H,77,99)(H,78,100)(H,79,85)(H,80,86)(H,81,87)/t57?,58?,59?,60?,65?,66?,67?,68-,69-,70-,71+,72+,73+,74+,75+,76+/m0/s1. The summed E-state index contributed by atoms with van der Waals surface area (Å²) in [7, 11) is 0. The number of esters is 9. The number of nitrogens with one attached hydrogen (secondary N) is 5. The van der Waals surface area contributed by atoms with E-state index in [0.29, 0.717) is 32.1 Å². The van der Waals surface area contributed by atoms with Crippen molar-refractivity contribution in [2.24, 2.45) is 0 Å². The summed E-state index contributed by atoms with van der Waals surface area (Å²) in [5, 5.41) is 32.1. The Morgan fingerprint density at radius 3 is 0.966 bits per heavy atom. The van der Waals surface area contributed by atoms with Crippen LogP contribution in [0.4, 0.5) is 0 Å². The molecule has 3 fully saturated rings. The van der Waals surface area contributed by atoms with E-state index in [0.717, 1.165) is 62.3 Å². The summed E-state index contributed by atoms with van der Waals surface area (Å²) in [4.78, 5) is 218. The molecule has 3 rings (SSSR count). The van der Waals surface area contributed by atoms with Crippen molar-refractivity contribution >= 4 is 101 Å². The first-order chi connectivity index (χ1) is 55.4. The minimum atomic E-state index is -1.38. The highest BCUT2D eigenvalue weighted by molar-refractivity contribution is 5.80. The molecule has 41 heteroatoms. The molecule has 7 unspecified atom stereocenters. The van der Waals surface area contributed by atoms with E-state index in [9.17, 15) is 86.6 Å². The number of ketones is 1. The number of unbranched alkanes of at least 4 members (excludes halogenated alkanes) is 5. The lowest BCUT2D eigenvalue weighted by Gasteiger charge is -2.44. The van der Waals surface area contributed by atoms with Crippen molar-refractivity contribution in [2.75, 3.05) is 85.5 Å². The predicted octanol–water partition coefficient (Wildman–Crippen LogP) is -0.162. The van der Waals surface area contributed by atoms with Gasteiger partial charge in [0.1, 0.15) is 62.0 Å². The number of nitrogens with zero attached hydrogens (tertiary/aromatic N) is 2. The van der Waals surface area contributed by atoms with Gasteiger partial charge in [0, 0.05) is 181 Å². The largest absolute Gasteiger partial charge is 0.463 e. The van der Waals surface area contributed by atoms with Crippen LogP contribution in [0.5, 0.6) is 0 Å². The molecule has 41 nitrogen and oxygen atoms in total. The predicted molar refractivity (Wildman–Crippen MR) is 400 cm³/mol. The minimum absolute atomic E-state index is 0.0145. The van der Waals surface area contributed by atoms with E-state index in [-0.39, 0.29) is 166 Å². The summed E-state index contributed by atoms with van der Waals surface area (Å²) in [6.45, 7) is 12.2. The zero-order valence-electron chi connectivity index (χ0n) is 69.0. The van der Waals surface area contributed by atoms with Gasteiger partial charge in [-0.2, -0.15) is 0 Å². The van der Waals surface area contributed by atoms with Crippen LogP contribution in [0.15, 0.2) is 0 Å². The van der Waals surface area contributed by atoms with Gasteiger partial charge < -0.3 is 118 Å². The number of aliphatic hydroxyl groups is 2. The van der Waals surface area contributed by atoms with E-state index in [1.807, 2.05) is 0 Å².